The Labute approximate surface area is 528 Å². The Morgan fingerprint density at radius 2 is 0.843 bits per heavy atom. The van der Waals surface area contributed by atoms with Crippen LogP contribution in [0.25, 0.3) is 50.2 Å². The first-order valence-electron chi connectivity index (χ1n) is 29.3. The molecule has 0 aliphatic carbocycles. The molecule has 3 aliphatic heterocycles. The predicted molar refractivity (Wildman–Crippen MR) is 347 cm³/mol. The number of morpholine rings is 3. The molecule has 15 rings (SSSR count). The maximum Gasteiger partial charge on any atom is 0.227 e. The van der Waals surface area contributed by atoms with Crippen LogP contribution in [0, 0.1) is 20.8 Å². The summed E-state index contributed by atoms with van der Waals surface area (Å²) in [6.07, 6.45) is 8.65. The zero-order valence-corrected chi connectivity index (χ0v) is 52.4. The van der Waals surface area contributed by atoms with E-state index in [1.807, 2.05) is 93.2 Å². The van der Waals surface area contributed by atoms with Gasteiger partial charge >= 0.3 is 0 Å². The molecule has 3 saturated heterocycles. The second-order valence-corrected chi connectivity index (χ2v) is 22.9. The van der Waals surface area contributed by atoms with E-state index in [9.17, 15) is 0 Å². The van der Waals surface area contributed by atoms with Crippen molar-refractivity contribution in [2.45, 2.75) is 40.4 Å². The number of fused-ring (bicyclic) bond motifs is 3. The molecule has 0 radical (unpaired) electrons. The first-order valence-corrected chi connectivity index (χ1v) is 30.9. The van der Waals surface area contributed by atoms with Crippen molar-refractivity contribution in [3.05, 3.63) is 177 Å². The van der Waals surface area contributed by atoms with Crippen LogP contribution in [0.2, 0.25) is 0 Å². The molecule has 3 aromatic carbocycles. The van der Waals surface area contributed by atoms with Gasteiger partial charge in [-0.3, -0.25) is 0 Å². The van der Waals surface area contributed by atoms with E-state index in [1.165, 1.54) is 16.7 Å². The van der Waals surface area contributed by atoms with Gasteiger partial charge < -0.3 is 58.1 Å². The van der Waals surface area contributed by atoms with E-state index in [0.29, 0.717) is 77.1 Å². The van der Waals surface area contributed by atoms with Crippen LogP contribution in [0.1, 0.15) is 34.0 Å². The quantitative estimate of drug-likeness (QED) is 0.0864. The lowest BCUT2D eigenvalue weighted by Gasteiger charge is -2.28. The van der Waals surface area contributed by atoms with E-state index >= 15 is 0 Å². The lowest BCUT2D eigenvalue weighted by Crippen LogP contribution is -2.37. The first-order chi connectivity index (χ1) is 43.6. The second kappa shape index (κ2) is 27.0. The summed E-state index contributed by atoms with van der Waals surface area (Å²) >= 11 is 7.30. The summed E-state index contributed by atoms with van der Waals surface area (Å²) in [5.74, 6) is 6.65. The van der Waals surface area contributed by atoms with Gasteiger partial charge in [-0.1, -0.05) is 41.5 Å². The Hall–Kier alpha value is -9.21. The van der Waals surface area contributed by atoms with Crippen molar-refractivity contribution in [2.24, 2.45) is 0 Å². The van der Waals surface area contributed by atoms with Crippen molar-refractivity contribution in [1.29, 1.82) is 0 Å². The lowest BCUT2D eigenvalue weighted by molar-refractivity contribution is 0.122. The van der Waals surface area contributed by atoms with Gasteiger partial charge in [0.2, 0.25) is 17.8 Å². The lowest BCUT2D eigenvalue weighted by atomic mass is 10.2. The third-order valence-electron chi connectivity index (χ3n) is 15.1. The topological polar surface area (TPSA) is 244 Å². The number of nitrogens with zero attached hydrogens (tertiary/aromatic N) is 15. The number of hydrogen-bond donors (Lipinski definition) is 3. The smallest absolute Gasteiger partial charge is 0.227 e. The molecule has 0 unspecified atom stereocenters. The maximum atomic E-state index is 5.53. The Morgan fingerprint density at radius 1 is 0.438 bits per heavy atom. The number of rotatable bonds is 15. The normalized spacial score (nSPS) is 14.4. The molecular weight excluding hydrogens is 1260 g/mol. The zero-order valence-electron chi connectivity index (χ0n) is 49.2. The van der Waals surface area contributed by atoms with Crippen LogP contribution >= 0.6 is 31.9 Å². The maximum absolute atomic E-state index is 5.53. The SMILES string of the molecule is Cc1ccc(-n2nc(Br)c3c(N4CCOCC4)nc(NCc4ccco4)nc32)cc1.Cc1ccc(-n2ncc3c(N4CCOCC4)nc(NCc4ccco4)nc32)c(Br)c1.Cc1ccc(-n2ncc3c(N4CCOCC4)nc(NCc4ccco4)nc32)cc1. The number of aryl methyl sites for hydroxylation is 3. The molecule has 89 heavy (non-hydrogen) atoms. The number of aromatic nitrogens is 12. The minimum absolute atomic E-state index is 0.501. The summed E-state index contributed by atoms with van der Waals surface area (Å²) in [6, 6.07) is 34.0. The van der Waals surface area contributed by atoms with Gasteiger partial charge in [-0.25, -0.2) is 14.0 Å². The van der Waals surface area contributed by atoms with Gasteiger partial charge in [0.1, 0.15) is 39.3 Å². The van der Waals surface area contributed by atoms with Gasteiger partial charge in [0, 0.05) is 43.7 Å². The molecular formula is C63H64Br2N18O6. The Bertz CT molecular complexity index is 4290. The summed E-state index contributed by atoms with van der Waals surface area (Å²) < 4.78 is 40.1. The fourth-order valence-electron chi connectivity index (χ4n) is 10.5. The highest BCUT2D eigenvalue weighted by molar-refractivity contribution is 9.11. The number of anilines is 6. The molecule has 3 fully saturated rings. The third-order valence-corrected chi connectivity index (χ3v) is 16.3. The molecule has 26 heteroatoms. The molecule has 456 valence electrons. The molecule has 0 spiro atoms. The summed E-state index contributed by atoms with van der Waals surface area (Å²) in [5.41, 5.74) is 8.67. The van der Waals surface area contributed by atoms with E-state index in [1.54, 1.807) is 18.8 Å². The van der Waals surface area contributed by atoms with E-state index in [0.717, 1.165) is 133 Å². The average molecular weight is 1330 g/mol. The van der Waals surface area contributed by atoms with Crippen molar-refractivity contribution < 1.29 is 27.5 Å². The van der Waals surface area contributed by atoms with Crippen LogP contribution < -0.4 is 30.7 Å². The van der Waals surface area contributed by atoms with Crippen LogP contribution in [0.4, 0.5) is 35.3 Å². The van der Waals surface area contributed by atoms with Crippen LogP contribution in [0.3, 0.4) is 0 Å². The van der Waals surface area contributed by atoms with Gasteiger partial charge in [0.25, 0.3) is 0 Å². The van der Waals surface area contributed by atoms with E-state index in [2.05, 4.69) is 130 Å². The Morgan fingerprint density at radius 3 is 1.29 bits per heavy atom. The van der Waals surface area contributed by atoms with Gasteiger partial charge in [-0.15, -0.1) is 0 Å². The molecule has 0 amide bonds. The highest BCUT2D eigenvalue weighted by Gasteiger charge is 2.26. The van der Waals surface area contributed by atoms with E-state index < -0.39 is 0 Å². The molecule has 3 N–H and O–H groups in total. The number of ether oxygens (including phenoxy) is 3. The largest absolute Gasteiger partial charge is 0.467 e. The fraction of sp³-hybridized carbons (Fsp3) is 0.286. The van der Waals surface area contributed by atoms with Gasteiger partial charge in [-0.05, 0) is 131 Å². The minimum atomic E-state index is 0.501. The van der Waals surface area contributed by atoms with E-state index in [4.69, 9.17) is 62.5 Å². The minimum Gasteiger partial charge on any atom is -0.467 e. The molecule has 3 aliphatic rings. The van der Waals surface area contributed by atoms with Gasteiger partial charge in [0.05, 0.1) is 124 Å². The Balaban J connectivity index is 0.000000123. The van der Waals surface area contributed by atoms with Crippen LogP contribution in [0.5, 0.6) is 0 Å². The standard InChI is InChI=1S/2C21H21BrN6O2.C21H22N6O2/c1-14-4-6-15(7-5-14)28-20-17(18(22)26-28)19(27-8-11-29-12-9-27)24-21(25-20)23-13-16-3-2-10-30-16;1-14-4-5-18(17(22)11-14)28-20-16(13-24-28)19(27-6-9-29-10-7-27)25-21(26-20)23-12-15-3-2-8-30-15;1-15-4-6-16(7-5-15)27-20-18(14-23-27)19(26-8-11-28-12-9-26)24-21(25-20)22-13-17-3-2-10-29-17/h2-7,10H,8-9,11-13H2,1H3,(H,23,24,25);2-5,8,11,13H,6-7,9-10,12H2,1H3,(H,23,25,26);2-7,10,14H,8-9,11-13H2,1H3,(H,22,24,25). The van der Waals surface area contributed by atoms with Crippen molar-refractivity contribution in [2.75, 3.05) is 110 Å². The highest BCUT2D eigenvalue weighted by atomic mass is 79.9. The van der Waals surface area contributed by atoms with Crippen LogP contribution in [-0.2, 0) is 33.8 Å². The molecule has 12 heterocycles. The molecule has 0 saturated carbocycles. The number of hydrogen-bond acceptors (Lipinski definition) is 21. The van der Waals surface area contributed by atoms with Crippen molar-refractivity contribution in [3.8, 4) is 17.1 Å². The first kappa shape index (κ1) is 58.8. The summed E-state index contributed by atoms with van der Waals surface area (Å²) in [4.78, 5) is 35.5. The monoisotopic (exact) mass is 1330 g/mol. The zero-order chi connectivity index (χ0) is 60.6. The number of nitrogens with one attached hydrogen (secondary N) is 3. The second-order valence-electron chi connectivity index (χ2n) is 21.3. The molecule has 0 bridgehead atoms. The van der Waals surface area contributed by atoms with Gasteiger partial charge in [0.15, 0.2) is 16.9 Å². The summed E-state index contributed by atoms with van der Waals surface area (Å²) in [7, 11) is 0. The molecule has 12 aromatic rings. The van der Waals surface area contributed by atoms with Crippen LogP contribution in [-0.4, -0.2) is 138 Å². The number of halogens is 2. The predicted octanol–water partition coefficient (Wildman–Crippen LogP) is 11.0. The van der Waals surface area contributed by atoms with Crippen molar-refractivity contribution >= 4 is 100 Å². The van der Waals surface area contributed by atoms with E-state index in [-0.39, 0.29) is 0 Å². The number of benzene rings is 3. The molecule has 24 nitrogen and oxygen atoms in total. The summed E-state index contributed by atoms with van der Waals surface area (Å²) in [6.45, 7) is 16.5. The Kier molecular flexibility index (Phi) is 17.9. The third kappa shape index (κ3) is 13.5. The molecule has 9 aromatic heterocycles. The van der Waals surface area contributed by atoms with Crippen molar-refractivity contribution in [1.82, 2.24) is 59.2 Å². The summed E-state index contributed by atoms with van der Waals surface area (Å²) in [5, 5.41) is 26.6. The van der Waals surface area contributed by atoms with Gasteiger partial charge in [-0.2, -0.15) is 45.2 Å². The molecule has 0 atom stereocenters. The highest BCUT2D eigenvalue weighted by Crippen LogP contribution is 2.35. The average Bonchev–Trinajstić information content (AvgIpc) is 1.82. The number of furan rings is 3. The van der Waals surface area contributed by atoms with Crippen LogP contribution in [0.15, 0.2) is 157 Å². The van der Waals surface area contributed by atoms with Crippen molar-refractivity contribution in [3.63, 3.8) is 0 Å². The fourth-order valence-corrected chi connectivity index (χ4v) is 11.6.